The Morgan fingerprint density at radius 1 is 1.36 bits per heavy atom. The number of hydrogen-bond acceptors (Lipinski definition) is 4. The van der Waals surface area contributed by atoms with Gasteiger partial charge in [-0.2, -0.15) is 0 Å². The molecule has 1 aliphatic rings. The molecule has 1 N–H and O–H groups in total. The Hall–Kier alpha value is -1.89. The third kappa shape index (κ3) is 4.30. The van der Waals surface area contributed by atoms with Crippen molar-refractivity contribution in [2.45, 2.75) is 19.3 Å². The molecule has 7 heteroatoms. The van der Waals surface area contributed by atoms with E-state index in [1.807, 2.05) is 5.38 Å². The van der Waals surface area contributed by atoms with E-state index in [1.165, 1.54) is 16.2 Å². The number of carbonyl (C=O) groups excluding carboxylic acids is 2. The van der Waals surface area contributed by atoms with E-state index < -0.39 is 5.97 Å². The molecule has 0 saturated carbocycles. The standard InChI is InChI=1S/C15H20N2O4S/c1-16(15(21)12-3-2-8-22-12)10-13(18)17-6-4-11(5-7-17)9-14(19)20/h2-3,8,11H,4-7,9-10H2,1H3,(H,19,20). The third-order valence-corrected chi connectivity index (χ3v) is 4.74. The average Bonchev–Trinajstić information content (AvgIpc) is 3.00. The van der Waals surface area contributed by atoms with Crippen LogP contribution in [0.1, 0.15) is 28.9 Å². The van der Waals surface area contributed by atoms with E-state index in [1.54, 1.807) is 24.1 Å². The topological polar surface area (TPSA) is 77.9 Å². The second-order valence-electron chi connectivity index (χ2n) is 5.56. The van der Waals surface area contributed by atoms with Gasteiger partial charge in [0.25, 0.3) is 5.91 Å². The maximum atomic E-state index is 12.2. The molecule has 1 fully saturated rings. The van der Waals surface area contributed by atoms with Crippen molar-refractivity contribution in [3.05, 3.63) is 22.4 Å². The lowest BCUT2D eigenvalue weighted by molar-refractivity contribution is -0.138. The summed E-state index contributed by atoms with van der Waals surface area (Å²) in [6.45, 7) is 1.19. The number of rotatable bonds is 5. The number of carboxylic acids is 1. The summed E-state index contributed by atoms with van der Waals surface area (Å²) in [4.78, 5) is 38.8. The first kappa shape index (κ1) is 16.5. The van der Waals surface area contributed by atoms with Gasteiger partial charge in [0.2, 0.25) is 5.91 Å². The van der Waals surface area contributed by atoms with Crippen molar-refractivity contribution in [3.8, 4) is 0 Å². The van der Waals surface area contributed by atoms with Crippen molar-refractivity contribution >= 4 is 29.1 Å². The van der Waals surface area contributed by atoms with E-state index >= 15 is 0 Å². The Balaban J connectivity index is 1.80. The van der Waals surface area contributed by atoms with Crippen LogP contribution in [0, 0.1) is 5.92 Å². The van der Waals surface area contributed by atoms with Gasteiger partial charge in [-0.25, -0.2) is 0 Å². The Kier molecular flexibility index (Phi) is 5.54. The zero-order chi connectivity index (χ0) is 16.1. The van der Waals surface area contributed by atoms with E-state index in [-0.39, 0.29) is 30.7 Å². The molecular weight excluding hydrogens is 304 g/mol. The summed E-state index contributed by atoms with van der Waals surface area (Å²) in [5.41, 5.74) is 0. The molecule has 1 aliphatic heterocycles. The van der Waals surface area contributed by atoms with E-state index in [4.69, 9.17) is 5.11 Å². The number of nitrogens with zero attached hydrogens (tertiary/aromatic N) is 2. The smallest absolute Gasteiger partial charge is 0.303 e. The summed E-state index contributed by atoms with van der Waals surface area (Å²) in [6.07, 6.45) is 1.58. The molecule has 0 bridgehead atoms. The Morgan fingerprint density at radius 2 is 2.05 bits per heavy atom. The fourth-order valence-corrected chi connectivity index (χ4v) is 3.31. The predicted molar refractivity (Wildman–Crippen MR) is 82.8 cm³/mol. The van der Waals surface area contributed by atoms with Gasteiger partial charge in [0, 0.05) is 26.6 Å². The molecule has 0 aliphatic carbocycles. The normalized spacial score (nSPS) is 15.6. The summed E-state index contributed by atoms with van der Waals surface area (Å²) in [5, 5.41) is 10.6. The number of piperidine rings is 1. The molecule has 1 aromatic rings. The number of likely N-dealkylation sites (N-methyl/N-ethyl adjacent to an activating group) is 1. The summed E-state index contributed by atoms with van der Waals surface area (Å²) in [5.74, 6) is -0.872. The Morgan fingerprint density at radius 3 is 2.59 bits per heavy atom. The molecule has 22 heavy (non-hydrogen) atoms. The highest BCUT2D eigenvalue weighted by atomic mass is 32.1. The Bertz CT molecular complexity index is 536. The van der Waals surface area contributed by atoms with Gasteiger partial charge in [-0.1, -0.05) is 6.07 Å². The van der Waals surface area contributed by atoms with Crippen molar-refractivity contribution in [2.75, 3.05) is 26.7 Å². The minimum Gasteiger partial charge on any atom is -0.481 e. The van der Waals surface area contributed by atoms with E-state index in [9.17, 15) is 14.4 Å². The zero-order valence-corrected chi connectivity index (χ0v) is 13.3. The number of aliphatic carboxylic acids is 1. The van der Waals surface area contributed by atoms with Crippen LogP contribution in [0.4, 0.5) is 0 Å². The van der Waals surface area contributed by atoms with E-state index in [0.29, 0.717) is 30.8 Å². The first-order valence-corrected chi connectivity index (χ1v) is 8.14. The molecule has 0 atom stereocenters. The predicted octanol–water partition coefficient (Wildman–Crippen LogP) is 1.53. The van der Waals surface area contributed by atoms with Crippen LogP contribution < -0.4 is 0 Å². The minimum absolute atomic E-state index is 0.0559. The molecule has 0 aromatic carbocycles. The molecule has 120 valence electrons. The highest BCUT2D eigenvalue weighted by Crippen LogP contribution is 2.20. The van der Waals surface area contributed by atoms with E-state index in [2.05, 4.69) is 0 Å². The van der Waals surface area contributed by atoms with E-state index in [0.717, 1.165) is 0 Å². The van der Waals surface area contributed by atoms with Gasteiger partial charge in [-0.05, 0) is 30.2 Å². The van der Waals surface area contributed by atoms with Gasteiger partial charge in [0.1, 0.15) is 0 Å². The van der Waals surface area contributed by atoms with Crippen molar-refractivity contribution in [2.24, 2.45) is 5.92 Å². The van der Waals surface area contributed by atoms with Crippen LogP contribution in [-0.2, 0) is 9.59 Å². The zero-order valence-electron chi connectivity index (χ0n) is 12.5. The minimum atomic E-state index is -0.786. The van der Waals surface area contributed by atoms with Crippen LogP contribution in [0.5, 0.6) is 0 Å². The van der Waals surface area contributed by atoms with Crippen molar-refractivity contribution in [3.63, 3.8) is 0 Å². The third-order valence-electron chi connectivity index (χ3n) is 3.88. The van der Waals surface area contributed by atoms with Crippen molar-refractivity contribution in [1.82, 2.24) is 9.80 Å². The summed E-state index contributed by atoms with van der Waals surface area (Å²) in [6, 6.07) is 3.55. The van der Waals surface area contributed by atoms with Crippen LogP contribution in [-0.4, -0.2) is 59.4 Å². The molecule has 0 unspecified atom stereocenters. The maximum absolute atomic E-state index is 12.2. The lowest BCUT2D eigenvalue weighted by atomic mass is 9.93. The first-order valence-electron chi connectivity index (χ1n) is 7.26. The van der Waals surface area contributed by atoms with Crippen molar-refractivity contribution in [1.29, 1.82) is 0 Å². The molecule has 6 nitrogen and oxygen atoms in total. The highest BCUT2D eigenvalue weighted by molar-refractivity contribution is 7.12. The molecule has 1 aromatic heterocycles. The number of likely N-dealkylation sites (tertiary alicyclic amines) is 1. The average molecular weight is 324 g/mol. The SMILES string of the molecule is CN(CC(=O)N1CCC(CC(=O)O)CC1)C(=O)c1cccs1. The monoisotopic (exact) mass is 324 g/mol. The molecular formula is C15H20N2O4S. The largest absolute Gasteiger partial charge is 0.481 e. The molecule has 2 amide bonds. The van der Waals surface area contributed by atoms with Crippen LogP contribution in [0.25, 0.3) is 0 Å². The van der Waals surface area contributed by atoms with Gasteiger partial charge < -0.3 is 14.9 Å². The van der Waals surface area contributed by atoms with Gasteiger partial charge in [-0.3, -0.25) is 14.4 Å². The number of hydrogen-bond donors (Lipinski definition) is 1. The molecule has 2 heterocycles. The number of carbonyl (C=O) groups is 3. The fourth-order valence-electron chi connectivity index (χ4n) is 2.60. The van der Waals surface area contributed by atoms with Gasteiger partial charge in [0.05, 0.1) is 11.4 Å². The Labute approximate surface area is 133 Å². The van der Waals surface area contributed by atoms with Gasteiger partial charge in [0.15, 0.2) is 0 Å². The lowest BCUT2D eigenvalue weighted by Gasteiger charge is -2.32. The fraction of sp³-hybridized carbons (Fsp3) is 0.533. The second-order valence-corrected chi connectivity index (χ2v) is 6.51. The summed E-state index contributed by atoms with van der Waals surface area (Å²) in [7, 11) is 1.62. The maximum Gasteiger partial charge on any atom is 0.303 e. The first-order chi connectivity index (χ1) is 10.5. The summed E-state index contributed by atoms with van der Waals surface area (Å²) < 4.78 is 0. The van der Waals surface area contributed by atoms with Crippen LogP contribution >= 0.6 is 11.3 Å². The number of thiophene rings is 1. The van der Waals surface area contributed by atoms with Crippen LogP contribution in [0.3, 0.4) is 0 Å². The number of amides is 2. The second kappa shape index (κ2) is 7.40. The molecule has 1 saturated heterocycles. The van der Waals surface area contributed by atoms with Crippen LogP contribution in [0.2, 0.25) is 0 Å². The quantitative estimate of drug-likeness (QED) is 0.891. The summed E-state index contributed by atoms with van der Waals surface area (Å²) >= 11 is 1.36. The highest BCUT2D eigenvalue weighted by Gasteiger charge is 2.25. The lowest BCUT2D eigenvalue weighted by Crippen LogP contribution is -2.44. The van der Waals surface area contributed by atoms with Crippen LogP contribution in [0.15, 0.2) is 17.5 Å². The van der Waals surface area contributed by atoms with Gasteiger partial charge >= 0.3 is 5.97 Å². The molecule has 2 rings (SSSR count). The molecule has 0 radical (unpaired) electrons. The van der Waals surface area contributed by atoms with Crippen molar-refractivity contribution < 1.29 is 19.5 Å². The number of carboxylic acid groups (broad SMARTS) is 1. The van der Waals surface area contributed by atoms with Gasteiger partial charge in [-0.15, -0.1) is 11.3 Å². The molecule has 0 spiro atoms.